The average Bonchev–Trinajstić information content (AvgIpc) is 3.20. The second-order valence-electron chi connectivity index (χ2n) is 7.96. The first-order valence-electron chi connectivity index (χ1n) is 10.0. The molecule has 0 aliphatic rings. The van der Waals surface area contributed by atoms with Crippen molar-refractivity contribution in [2.24, 2.45) is 0 Å². The van der Waals surface area contributed by atoms with Crippen LogP contribution in [0.5, 0.6) is 5.75 Å². The zero-order chi connectivity index (χ0) is 23.8. The van der Waals surface area contributed by atoms with Crippen molar-refractivity contribution in [1.82, 2.24) is 9.55 Å². The quantitative estimate of drug-likeness (QED) is 0.264. The molecule has 0 N–H and O–H groups in total. The molecule has 8 heteroatoms. The van der Waals surface area contributed by atoms with Gasteiger partial charge in [0.25, 0.3) is 0 Å². The summed E-state index contributed by atoms with van der Waals surface area (Å²) in [6, 6.07) is 15.8. The first-order valence-corrected chi connectivity index (χ1v) is 11.2. The number of imidazole rings is 1. The minimum atomic E-state index is -0.571. The maximum atomic E-state index is 14.2. The number of aromatic nitrogens is 2. The van der Waals surface area contributed by atoms with Crippen LogP contribution < -0.4 is 4.74 Å². The van der Waals surface area contributed by atoms with Gasteiger partial charge in [-0.15, -0.1) is 0 Å². The van der Waals surface area contributed by atoms with E-state index in [1.54, 1.807) is 36.5 Å². The highest BCUT2D eigenvalue weighted by Gasteiger charge is 2.30. The van der Waals surface area contributed by atoms with Gasteiger partial charge >= 0.3 is 0 Å². The molecule has 0 unspecified atom stereocenters. The van der Waals surface area contributed by atoms with Crippen molar-refractivity contribution in [2.75, 3.05) is 0 Å². The van der Waals surface area contributed by atoms with E-state index >= 15 is 0 Å². The van der Waals surface area contributed by atoms with Gasteiger partial charge in [0.05, 0.1) is 20.8 Å². The van der Waals surface area contributed by atoms with Crippen molar-refractivity contribution in [3.8, 4) is 11.4 Å². The molecule has 0 atom stereocenters. The molecule has 4 rings (SSSR count). The normalized spacial score (nSPS) is 11.6. The number of hydrogen-bond donors (Lipinski definition) is 0. The van der Waals surface area contributed by atoms with E-state index in [9.17, 15) is 8.78 Å². The summed E-state index contributed by atoms with van der Waals surface area (Å²) < 4.78 is 35.4. The zero-order valence-corrected chi connectivity index (χ0v) is 20.0. The smallest absolute Gasteiger partial charge is 0.174 e. The van der Waals surface area contributed by atoms with E-state index < -0.39 is 11.2 Å². The summed E-state index contributed by atoms with van der Waals surface area (Å²) in [4.78, 5) is 4.54. The Balaban J connectivity index is 1.80. The van der Waals surface area contributed by atoms with Crippen LogP contribution in [0.1, 0.15) is 30.9 Å². The third-order valence-corrected chi connectivity index (χ3v) is 6.50. The fourth-order valence-electron chi connectivity index (χ4n) is 3.60. The lowest BCUT2D eigenvalue weighted by Crippen LogP contribution is -2.24. The van der Waals surface area contributed by atoms with Crippen molar-refractivity contribution < 1.29 is 13.5 Å². The van der Waals surface area contributed by atoms with Crippen LogP contribution in [0.3, 0.4) is 0 Å². The summed E-state index contributed by atoms with van der Waals surface area (Å²) >= 11 is 18.5. The maximum absolute atomic E-state index is 14.2. The molecule has 0 aliphatic carbocycles. The number of halogens is 5. The maximum Gasteiger partial charge on any atom is 0.174 e. The van der Waals surface area contributed by atoms with Crippen molar-refractivity contribution >= 4 is 34.8 Å². The first kappa shape index (κ1) is 23.6. The summed E-state index contributed by atoms with van der Waals surface area (Å²) in [5, 5.41) is 1.05. The number of nitrogens with zero attached hydrogens (tertiary/aromatic N) is 2. The summed E-state index contributed by atoms with van der Waals surface area (Å²) in [6.07, 6.45) is 1.72. The first-order chi connectivity index (χ1) is 15.7. The Labute approximate surface area is 205 Å². The van der Waals surface area contributed by atoms with E-state index in [0.29, 0.717) is 21.6 Å². The average molecular weight is 508 g/mol. The lowest BCUT2D eigenvalue weighted by atomic mass is 9.81. The van der Waals surface area contributed by atoms with E-state index in [1.807, 2.05) is 24.5 Å². The number of benzene rings is 3. The van der Waals surface area contributed by atoms with Gasteiger partial charge in [-0.2, -0.15) is 0 Å². The van der Waals surface area contributed by atoms with E-state index in [4.69, 9.17) is 39.5 Å². The van der Waals surface area contributed by atoms with Gasteiger partial charge in [0.2, 0.25) is 0 Å². The van der Waals surface area contributed by atoms with Gasteiger partial charge in [-0.25, -0.2) is 13.8 Å². The molecule has 0 aliphatic heterocycles. The van der Waals surface area contributed by atoms with E-state index in [1.165, 1.54) is 24.3 Å². The Morgan fingerprint density at radius 1 is 0.909 bits per heavy atom. The zero-order valence-electron chi connectivity index (χ0n) is 17.8. The van der Waals surface area contributed by atoms with Crippen LogP contribution in [0.4, 0.5) is 8.78 Å². The number of ether oxygens (including phenoxy) is 1. The Morgan fingerprint density at radius 3 is 2.30 bits per heavy atom. The van der Waals surface area contributed by atoms with Crippen LogP contribution >= 0.6 is 34.8 Å². The van der Waals surface area contributed by atoms with E-state index in [0.717, 1.165) is 11.3 Å². The van der Waals surface area contributed by atoms with Gasteiger partial charge in [-0.05, 0) is 54.1 Å². The van der Waals surface area contributed by atoms with Gasteiger partial charge < -0.3 is 4.74 Å². The Bertz CT molecular complexity index is 1280. The van der Waals surface area contributed by atoms with Gasteiger partial charge in [0.1, 0.15) is 12.4 Å². The highest BCUT2D eigenvalue weighted by molar-refractivity contribution is 6.42. The molecular weight excluding hydrogens is 489 g/mol. The molecule has 1 aromatic heterocycles. The molecule has 0 amide bonds. The van der Waals surface area contributed by atoms with Crippen LogP contribution in [0, 0.1) is 11.6 Å². The molecule has 0 spiro atoms. The Morgan fingerprint density at radius 2 is 1.64 bits per heavy atom. The molecule has 0 radical (unpaired) electrons. The molecule has 4 aromatic rings. The van der Waals surface area contributed by atoms with Gasteiger partial charge in [0.15, 0.2) is 17.4 Å². The molecule has 3 nitrogen and oxygen atoms in total. The van der Waals surface area contributed by atoms with Crippen molar-refractivity contribution in [2.45, 2.75) is 25.9 Å². The van der Waals surface area contributed by atoms with Crippen molar-refractivity contribution in [3.05, 3.63) is 111 Å². The lowest BCUT2D eigenvalue weighted by molar-refractivity contribution is 0.279. The second kappa shape index (κ2) is 9.34. The Hall–Kier alpha value is -2.60. The van der Waals surface area contributed by atoms with E-state index in [-0.39, 0.29) is 23.2 Å². The predicted octanol–water partition coefficient (Wildman–Crippen LogP) is 8.02. The highest BCUT2D eigenvalue weighted by atomic mass is 35.5. The largest absolute Gasteiger partial charge is 0.481 e. The minimum absolute atomic E-state index is 0.0573. The molecule has 170 valence electrons. The predicted molar refractivity (Wildman–Crippen MR) is 128 cm³/mol. The Kier molecular flexibility index (Phi) is 6.66. The van der Waals surface area contributed by atoms with Crippen LogP contribution in [0.25, 0.3) is 5.69 Å². The molecular formula is C25H19Cl3F2N2O. The van der Waals surface area contributed by atoms with E-state index in [2.05, 4.69) is 4.98 Å². The minimum Gasteiger partial charge on any atom is -0.481 e. The van der Waals surface area contributed by atoms with Gasteiger partial charge in [-0.3, -0.25) is 4.57 Å². The third-order valence-electron chi connectivity index (χ3n) is 5.47. The molecule has 3 aromatic carbocycles. The number of rotatable bonds is 6. The van der Waals surface area contributed by atoms with Crippen molar-refractivity contribution in [3.63, 3.8) is 0 Å². The monoisotopic (exact) mass is 506 g/mol. The number of para-hydroxylation sites is 1. The molecule has 1 heterocycles. The van der Waals surface area contributed by atoms with Crippen LogP contribution in [0.15, 0.2) is 66.9 Å². The highest BCUT2D eigenvalue weighted by Crippen LogP contribution is 2.37. The van der Waals surface area contributed by atoms with Crippen LogP contribution in [-0.2, 0) is 12.0 Å². The molecule has 0 fully saturated rings. The van der Waals surface area contributed by atoms with Crippen LogP contribution in [0.2, 0.25) is 15.1 Å². The molecule has 33 heavy (non-hydrogen) atoms. The lowest BCUT2D eigenvalue weighted by Gasteiger charge is -2.28. The fourth-order valence-corrected chi connectivity index (χ4v) is 4.12. The molecule has 0 saturated carbocycles. The summed E-state index contributed by atoms with van der Waals surface area (Å²) in [7, 11) is 0. The van der Waals surface area contributed by atoms with Gasteiger partial charge in [-0.1, -0.05) is 60.8 Å². The topological polar surface area (TPSA) is 27.1 Å². The summed E-state index contributed by atoms with van der Waals surface area (Å²) in [5.74, 6) is -0.499. The summed E-state index contributed by atoms with van der Waals surface area (Å²) in [6.45, 7) is 3.97. The van der Waals surface area contributed by atoms with Crippen LogP contribution in [-0.4, -0.2) is 9.55 Å². The fraction of sp³-hybridized carbons (Fsp3) is 0.160. The molecule has 0 saturated heterocycles. The standard InChI is InChI=1S/C25H19Cl3F2N2O/c1-25(2,15-6-11-18(26)20(28)12-15)22-13-31-23(32(22)17-9-7-16(29)8-10-17)14-33-24-19(27)4-3-5-21(24)30/h3-13H,14H2,1-2H3. The second-order valence-corrected chi connectivity index (χ2v) is 9.19. The number of hydrogen-bond acceptors (Lipinski definition) is 2. The molecule has 0 bridgehead atoms. The SMILES string of the molecule is CC(C)(c1ccc(Cl)c(Cl)c1)c1cnc(COc2c(F)cccc2Cl)n1-c1ccc(F)cc1. The van der Waals surface area contributed by atoms with Crippen molar-refractivity contribution in [1.29, 1.82) is 0 Å². The summed E-state index contributed by atoms with van der Waals surface area (Å²) in [5.41, 5.74) is 1.81. The van der Waals surface area contributed by atoms with Gasteiger partial charge in [0, 0.05) is 17.3 Å². The third kappa shape index (κ3) is 4.72.